The Kier molecular flexibility index (Phi) is 8.90. The van der Waals surface area contributed by atoms with Crippen molar-refractivity contribution in [1.82, 2.24) is 9.97 Å². The predicted molar refractivity (Wildman–Crippen MR) is 93.8 cm³/mol. The quantitative estimate of drug-likeness (QED) is 0.478. The van der Waals surface area contributed by atoms with Gasteiger partial charge in [0.2, 0.25) is 5.95 Å². The van der Waals surface area contributed by atoms with E-state index >= 15 is 0 Å². The maximum atomic E-state index is 5.61. The summed E-state index contributed by atoms with van der Waals surface area (Å²) in [7, 11) is 0. The molecule has 0 aliphatic rings. The maximum absolute atomic E-state index is 5.61. The maximum Gasteiger partial charge on any atom is 0.223 e. The fourth-order valence-corrected chi connectivity index (χ4v) is 2.34. The molecule has 5 heteroatoms. The Morgan fingerprint density at radius 2 is 1.71 bits per heavy atom. The molecule has 0 fully saturated rings. The molecule has 0 spiro atoms. The standard InChI is InChI=1S/C16H28N4S/c1-3-4-5-6-7-8-9-10-11-18-16-19-13(2)12-14(20-16)15(17)21/h12H,3-11H2,1-2H3,(H2,17,21)(H,18,19,20). The van der Waals surface area contributed by atoms with Gasteiger partial charge in [0.05, 0.1) is 0 Å². The van der Waals surface area contributed by atoms with Gasteiger partial charge in [-0.05, 0) is 19.4 Å². The molecular weight excluding hydrogens is 280 g/mol. The Labute approximate surface area is 133 Å². The van der Waals surface area contributed by atoms with Gasteiger partial charge in [0.25, 0.3) is 0 Å². The number of aromatic nitrogens is 2. The highest BCUT2D eigenvalue weighted by molar-refractivity contribution is 7.80. The second kappa shape index (κ2) is 10.5. The summed E-state index contributed by atoms with van der Waals surface area (Å²) >= 11 is 4.95. The fourth-order valence-electron chi connectivity index (χ4n) is 2.23. The lowest BCUT2D eigenvalue weighted by Crippen LogP contribution is -2.15. The van der Waals surface area contributed by atoms with E-state index in [2.05, 4.69) is 22.2 Å². The molecule has 0 radical (unpaired) electrons. The van der Waals surface area contributed by atoms with Crippen LogP contribution >= 0.6 is 12.2 Å². The summed E-state index contributed by atoms with van der Waals surface area (Å²) in [6.07, 6.45) is 10.5. The molecule has 21 heavy (non-hydrogen) atoms. The summed E-state index contributed by atoms with van der Waals surface area (Å²) < 4.78 is 0. The fraction of sp³-hybridized carbons (Fsp3) is 0.688. The van der Waals surface area contributed by atoms with Crippen LogP contribution in [0.2, 0.25) is 0 Å². The molecule has 0 saturated carbocycles. The first kappa shape index (κ1) is 17.8. The van der Waals surface area contributed by atoms with Gasteiger partial charge < -0.3 is 11.1 Å². The van der Waals surface area contributed by atoms with Crippen molar-refractivity contribution in [2.75, 3.05) is 11.9 Å². The number of hydrogen-bond donors (Lipinski definition) is 2. The molecule has 118 valence electrons. The van der Waals surface area contributed by atoms with Crippen molar-refractivity contribution in [3.8, 4) is 0 Å². The van der Waals surface area contributed by atoms with E-state index in [-0.39, 0.29) is 0 Å². The molecule has 0 aliphatic carbocycles. The molecule has 0 saturated heterocycles. The normalized spacial score (nSPS) is 10.6. The van der Waals surface area contributed by atoms with Crippen molar-refractivity contribution in [2.24, 2.45) is 5.73 Å². The molecule has 0 unspecified atom stereocenters. The molecule has 0 aliphatic heterocycles. The average molecular weight is 308 g/mol. The number of aryl methyl sites for hydroxylation is 1. The van der Waals surface area contributed by atoms with Crippen molar-refractivity contribution >= 4 is 23.2 Å². The summed E-state index contributed by atoms with van der Waals surface area (Å²) in [6.45, 7) is 5.07. The molecule has 0 atom stereocenters. The SMILES string of the molecule is CCCCCCCCCCNc1nc(C)cc(C(N)=S)n1. The van der Waals surface area contributed by atoms with Crippen molar-refractivity contribution in [2.45, 2.75) is 65.2 Å². The summed E-state index contributed by atoms with van der Waals surface area (Å²) in [4.78, 5) is 8.97. The first-order valence-electron chi connectivity index (χ1n) is 8.03. The topological polar surface area (TPSA) is 63.8 Å². The number of hydrogen-bond acceptors (Lipinski definition) is 4. The predicted octanol–water partition coefficient (Wildman–Crippen LogP) is 3.97. The highest BCUT2D eigenvalue weighted by Crippen LogP contribution is 2.09. The Morgan fingerprint density at radius 3 is 2.33 bits per heavy atom. The third kappa shape index (κ3) is 7.95. The van der Waals surface area contributed by atoms with Gasteiger partial charge in [0, 0.05) is 12.2 Å². The van der Waals surface area contributed by atoms with Crippen LogP contribution in [0.25, 0.3) is 0 Å². The van der Waals surface area contributed by atoms with Crippen LogP contribution in [0.3, 0.4) is 0 Å². The number of nitrogens with two attached hydrogens (primary N) is 1. The molecular formula is C16H28N4S. The monoisotopic (exact) mass is 308 g/mol. The largest absolute Gasteiger partial charge is 0.388 e. The van der Waals surface area contributed by atoms with Crippen LogP contribution in [0, 0.1) is 6.92 Å². The lowest BCUT2D eigenvalue weighted by atomic mass is 10.1. The Balaban J connectivity index is 2.17. The van der Waals surface area contributed by atoms with Gasteiger partial charge in [-0.3, -0.25) is 0 Å². The van der Waals surface area contributed by atoms with E-state index < -0.39 is 0 Å². The Morgan fingerprint density at radius 1 is 1.10 bits per heavy atom. The van der Waals surface area contributed by atoms with Crippen LogP contribution < -0.4 is 11.1 Å². The Hall–Kier alpha value is -1.23. The van der Waals surface area contributed by atoms with E-state index in [0.29, 0.717) is 16.6 Å². The summed E-state index contributed by atoms with van der Waals surface area (Å²) in [5.41, 5.74) is 7.13. The second-order valence-corrected chi connectivity index (χ2v) is 5.92. The molecule has 0 amide bonds. The van der Waals surface area contributed by atoms with E-state index in [0.717, 1.165) is 18.7 Å². The minimum absolute atomic E-state index is 0.315. The van der Waals surface area contributed by atoms with Crippen molar-refractivity contribution in [3.05, 3.63) is 17.5 Å². The van der Waals surface area contributed by atoms with Gasteiger partial charge in [-0.2, -0.15) is 0 Å². The molecule has 1 aromatic rings. The number of rotatable bonds is 11. The van der Waals surface area contributed by atoms with Gasteiger partial charge in [-0.15, -0.1) is 0 Å². The molecule has 0 aromatic carbocycles. The summed E-state index contributed by atoms with van der Waals surface area (Å²) in [6, 6.07) is 1.81. The molecule has 3 N–H and O–H groups in total. The summed E-state index contributed by atoms with van der Waals surface area (Å²) in [5.74, 6) is 0.626. The molecule has 1 rings (SSSR count). The molecule has 1 heterocycles. The zero-order chi connectivity index (χ0) is 15.5. The van der Waals surface area contributed by atoms with Crippen LogP contribution in [0.4, 0.5) is 5.95 Å². The smallest absolute Gasteiger partial charge is 0.223 e. The van der Waals surface area contributed by atoms with Gasteiger partial charge in [0.15, 0.2) is 0 Å². The van der Waals surface area contributed by atoms with Crippen LogP contribution in [0.15, 0.2) is 6.07 Å². The third-order valence-corrected chi connectivity index (χ3v) is 3.63. The van der Waals surface area contributed by atoms with E-state index in [1.54, 1.807) is 0 Å². The highest BCUT2D eigenvalue weighted by atomic mass is 32.1. The number of thiocarbonyl (C=S) groups is 1. The van der Waals surface area contributed by atoms with Gasteiger partial charge in [-0.1, -0.05) is 64.1 Å². The van der Waals surface area contributed by atoms with Crippen molar-refractivity contribution in [3.63, 3.8) is 0 Å². The minimum atomic E-state index is 0.315. The minimum Gasteiger partial charge on any atom is -0.388 e. The first-order valence-corrected chi connectivity index (χ1v) is 8.43. The number of nitrogens with zero attached hydrogens (tertiary/aromatic N) is 2. The van der Waals surface area contributed by atoms with E-state index in [4.69, 9.17) is 18.0 Å². The van der Waals surface area contributed by atoms with E-state index in [1.165, 1.54) is 44.9 Å². The number of nitrogens with one attached hydrogen (secondary N) is 1. The van der Waals surface area contributed by atoms with Crippen LogP contribution in [-0.2, 0) is 0 Å². The van der Waals surface area contributed by atoms with Gasteiger partial charge >= 0.3 is 0 Å². The molecule has 4 nitrogen and oxygen atoms in total. The zero-order valence-electron chi connectivity index (χ0n) is 13.3. The lowest BCUT2D eigenvalue weighted by Gasteiger charge is -2.07. The van der Waals surface area contributed by atoms with Crippen LogP contribution in [-0.4, -0.2) is 21.5 Å². The van der Waals surface area contributed by atoms with Gasteiger partial charge in [0.1, 0.15) is 10.7 Å². The van der Waals surface area contributed by atoms with Crippen LogP contribution in [0.5, 0.6) is 0 Å². The second-order valence-electron chi connectivity index (χ2n) is 5.48. The first-order chi connectivity index (χ1) is 10.1. The lowest BCUT2D eigenvalue weighted by molar-refractivity contribution is 0.580. The number of anilines is 1. The number of unbranched alkanes of at least 4 members (excludes halogenated alkanes) is 7. The Bertz CT molecular complexity index is 434. The average Bonchev–Trinajstić information content (AvgIpc) is 2.45. The van der Waals surface area contributed by atoms with E-state index in [1.807, 2.05) is 13.0 Å². The van der Waals surface area contributed by atoms with Crippen molar-refractivity contribution < 1.29 is 0 Å². The molecule has 0 bridgehead atoms. The van der Waals surface area contributed by atoms with Gasteiger partial charge in [-0.25, -0.2) is 9.97 Å². The highest BCUT2D eigenvalue weighted by Gasteiger charge is 2.03. The zero-order valence-corrected chi connectivity index (χ0v) is 14.1. The van der Waals surface area contributed by atoms with Crippen molar-refractivity contribution in [1.29, 1.82) is 0 Å². The third-order valence-electron chi connectivity index (χ3n) is 3.42. The van der Waals surface area contributed by atoms with E-state index in [9.17, 15) is 0 Å². The molecule has 1 aromatic heterocycles. The van der Waals surface area contributed by atoms with Crippen LogP contribution in [0.1, 0.15) is 69.7 Å². The summed E-state index contributed by atoms with van der Waals surface area (Å²) in [5, 5.41) is 3.25.